The molecule has 3 N–H and O–H groups in total. The Kier molecular flexibility index (Phi) is 7.11. The first-order chi connectivity index (χ1) is 12.9. The number of benzene rings is 2. The molecule has 6 heteroatoms. The Bertz CT molecular complexity index is 798. The Morgan fingerprint density at radius 1 is 0.963 bits per heavy atom. The van der Waals surface area contributed by atoms with E-state index in [0.29, 0.717) is 12.1 Å². The summed E-state index contributed by atoms with van der Waals surface area (Å²) >= 11 is 0. The molecule has 2 aromatic rings. The first-order valence-electron chi connectivity index (χ1n) is 8.80. The molecule has 0 saturated heterocycles. The molecule has 0 aromatic heterocycles. The van der Waals surface area contributed by atoms with Gasteiger partial charge in [0.15, 0.2) is 0 Å². The molecule has 0 spiro atoms. The van der Waals surface area contributed by atoms with Gasteiger partial charge in [0, 0.05) is 26.1 Å². The summed E-state index contributed by atoms with van der Waals surface area (Å²) in [5, 5.41) is 8.25. The molecule has 0 fully saturated rings. The monoisotopic (exact) mass is 367 g/mol. The van der Waals surface area contributed by atoms with Crippen LogP contribution in [-0.4, -0.2) is 24.8 Å². The van der Waals surface area contributed by atoms with Crippen molar-refractivity contribution in [2.45, 2.75) is 32.9 Å². The number of aryl methyl sites for hydroxylation is 1. The van der Waals surface area contributed by atoms with Crippen molar-refractivity contribution in [3.63, 3.8) is 0 Å². The predicted molar refractivity (Wildman–Crippen MR) is 104 cm³/mol. The number of hydrogen-bond acceptors (Lipinski definition) is 3. The molecule has 142 valence electrons. The van der Waals surface area contributed by atoms with Crippen LogP contribution in [0.3, 0.4) is 0 Å². The second-order valence-corrected chi connectivity index (χ2v) is 6.42. The summed E-state index contributed by atoms with van der Waals surface area (Å²) < 4.78 is 0. The zero-order valence-corrected chi connectivity index (χ0v) is 15.8. The molecule has 1 unspecified atom stereocenters. The van der Waals surface area contributed by atoms with Crippen LogP contribution in [0.15, 0.2) is 48.5 Å². The van der Waals surface area contributed by atoms with Gasteiger partial charge in [-0.3, -0.25) is 14.4 Å². The van der Waals surface area contributed by atoms with Gasteiger partial charge in [0.2, 0.25) is 11.8 Å². The molecule has 1 atom stereocenters. The Morgan fingerprint density at radius 3 is 2.15 bits per heavy atom. The van der Waals surface area contributed by atoms with Gasteiger partial charge in [-0.15, -0.1) is 0 Å². The highest BCUT2D eigenvalue weighted by molar-refractivity contribution is 5.93. The molecule has 0 saturated carbocycles. The van der Waals surface area contributed by atoms with Crippen molar-refractivity contribution in [2.24, 2.45) is 0 Å². The zero-order valence-electron chi connectivity index (χ0n) is 15.8. The third kappa shape index (κ3) is 6.26. The lowest BCUT2D eigenvalue weighted by atomic mass is 10.0. The van der Waals surface area contributed by atoms with Crippen LogP contribution >= 0.6 is 0 Å². The number of rotatable bonds is 7. The van der Waals surface area contributed by atoms with Crippen LogP contribution in [0.2, 0.25) is 0 Å². The second kappa shape index (κ2) is 9.52. The molecule has 0 bridgehead atoms. The Balaban J connectivity index is 1.96. The van der Waals surface area contributed by atoms with Gasteiger partial charge in [-0.1, -0.05) is 42.0 Å². The van der Waals surface area contributed by atoms with Gasteiger partial charge < -0.3 is 16.0 Å². The number of nitrogens with one attached hydrogen (secondary N) is 3. The van der Waals surface area contributed by atoms with E-state index in [1.165, 1.54) is 6.92 Å². The lowest BCUT2D eigenvalue weighted by molar-refractivity contribution is -0.122. The molecule has 3 amide bonds. The molecule has 0 aliphatic rings. The molecule has 2 rings (SSSR count). The molecule has 27 heavy (non-hydrogen) atoms. The summed E-state index contributed by atoms with van der Waals surface area (Å²) in [6.07, 6.45) is 0.152. The first-order valence-corrected chi connectivity index (χ1v) is 8.80. The lowest BCUT2D eigenvalue weighted by Gasteiger charge is -2.18. The average Bonchev–Trinajstić information content (AvgIpc) is 2.66. The normalized spacial score (nSPS) is 11.4. The molecule has 0 radical (unpaired) electrons. The number of carbonyl (C=O) groups excluding carboxylic acids is 3. The molecule has 0 aliphatic carbocycles. The van der Waals surface area contributed by atoms with Crippen molar-refractivity contribution < 1.29 is 14.4 Å². The predicted octanol–water partition coefficient (Wildman–Crippen LogP) is 2.24. The maximum Gasteiger partial charge on any atom is 0.251 e. The molecular formula is C21H25N3O3. The van der Waals surface area contributed by atoms with E-state index in [9.17, 15) is 14.4 Å². The van der Waals surface area contributed by atoms with Gasteiger partial charge >= 0.3 is 0 Å². The fourth-order valence-corrected chi connectivity index (χ4v) is 2.67. The third-order valence-corrected chi connectivity index (χ3v) is 4.18. The van der Waals surface area contributed by atoms with E-state index in [1.54, 1.807) is 31.3 Å². The maximum absolute atomic E-state index is 12.3. The Labute approximate surface area is 159 Å². The fourth-order valence-electron chi connectivity index (χ4n) is 2.67. The van der Waals surface area contributed by atoms with Gasteiger partial charge in [0.1, 0.15) is 0 Å². The van der Waals surface area contributed by atoms with Crippen LogP contribution in [0.25, 0.3) is 0 Å². The fraction of sp³-hybridized carbons (Fsp3) is 0.286. The maximum atomic E-state index is 12.3. The van der Waals surface area contributed by atoms with E-state index in [0.717, 1.165) is 16.7 Å². The van der Waals surface area contributed by atoms with Gasteiger partial charge in [-0.05, 0) is 30.2 Å². The van der Waals surface area contributed by atoms with E-state index in [-0.39, 0.29) is 30.2 Å². The number of amides is 3. The van der Waals surface area contributed by atoms with E-state index in [2.05, 4.69) is 16.0 Å². The quantitative estimate of drug-likeness (QED) is 0.701. The van der Waals surface area contributed by atoms with Crippen LogP contribution in [0, 0.1) is 6.92 Å². The Hall–Kier alpha value is -3.15. The SMILES string of the molecule is CNC(=O)c1ccc(CNC(=O)CC(NC(C)=O)c2ccc(C)cc2)cc1. The summed E-state index contributed by atoms with van der Waals surface area (Å²) in [4.78, 5) is 35.4. The van der Waals surface area contributed by atoms with E-state index in [1.807, 2.05) is 31.2 Å². The second-order valence-electron chi connectivity index (χ2n) is 6.42. The van der Waals surface area contributed by atoms with Crippen LogP contribution in [0.5, 0.6) is 0 Å². The van der Waals surface area contributed by atoms with Crippen LogP contribution in [0.1, 0.15) is 46.4 Å². The minimum absolute atomic E-state index is 0.151. The number of hydrogen-bond donors (Lipinski definition) is 3. The topological polar surface area (TPSA) is 87.3 Å². The average molecular weight is 367 g/mol. The van der Waals surface area contributed by atoms with Crippen molar-refractivity contribution in [1.29, 1.82) is 0 Å². The van der Waals surface area contributed by atoms with Gasteiger partial charge in [-0.25, -0.2) is 0 Å². The summed E-state index contributed by atoms with van der Waals surface area (Å²) in [6.45, 7) is 3.78. The molecular weight excluding hydrogens is 342 g/mol. The van der Waals surface area contributed by atoms with E-state index >= 15 is 0 Å². The summed E-state index contributed by atoms with van der Waals surface area (Å²) in [5.74, 6) is -0.496. The summed E-state index contributed by atoms with van der Waals surface area (Å²) in [5.41, 5.74) is 3.46. The van der Waals surface area contributed by atoms with Crippen LogP contribution in [0.4, 0.5) is 0 Å². The highest BCUT2D eigenvalue weighted by atomic mass is 16.2. The molecule has 0 aliphatic heterocycles. The summed E-state index contributed by atoms with van der Waals surface area (Å²) in [7, 11) is 1.58. The zero-order chi connectivity index (χ0) is 19.8. The van der Waals surface area contributed by atoms with Crippen molar-refractivity contribution >= 4 is 17.7 Å². The van der Waals surface area contributed by atoms with Crippen molar-refractivity contribution in [2.75, 3.05) is 7.05 Å². The highest BCUT2D eigenvalue weighted by Gasteiger charge is 2.17. The number of carbonyl (C=O) groups is 3. The standard InChI is InChI=1S/C21H25N3O3/c1-14-4-8-17(9-5-14)19(24-15(2)25)12-20(26)23-13-16-6-10-18(11-7-16)21(27)22-3/h4-11,19H,12-13H2,1-3H3,(H,22,27)(H,23,26)(H,24,25). The minimum Gasteiger partial charge on any atom is -0.355 e. The lowest BCUT2D eigenvalue weighted by Crippen LogP contribution is -2.32. The van der Waals surface area contributed by atoms with E-state index < -0.39 is 0 Å². The van der Waals surface area contributed by atoms with Gasteiger partial charge in [-0.2, -0.15) is 0 Å². The summed E-state index contributed by atoms with van der Waals surface area (Å²) in [6, 6.07) is 14.4. The first kappa shape index (κ1) is 20.2. The van der Waals surface area contributed by atoms with Gasteiger partial charge in [0.05, 0.1) is 12.5 Å². The highest BCUT2D eigenvalue weighted by Crippen LogP contribution is 2.17. The molecule has 0 heterocycles. The van der Waals surface area contributed by atoms with Crippen LogP contribution in [-0.2, 0) is 16.1 Å². The largest absolute Gasteiger partial charge is 0.355 e. The van der Waals surface area contributed by atoms with Crippen molar-refractivity contribution in [1.82, 2.24) is 16.0 Å². The van der Waals surface area contributed by atoms with Crippen molar-refractivity contribution in [3.05, 3.63) is 70.8 Å². The van der Waals surface area contributed by atoms with E-state index in [4.69, 9.17) is 0 Å². The molecule has 2 aromatic carbocycles. The van der Waals surface area contributed by atoms with Crippen LogP contribution < -0.4 is 16.0 Å². The smallest absolute Gasteiger partial charge is 0.251 e. The molecule has 6 nitrogen and oxygen atoms in total. The minimum atomic E-state index is -0.376. The third-order valence-electron chi connectivity index (χ3n) is 4.18. The van der Waals surface area contributed by atoms with Crippen molar-refractivity contribution in [3.8, 4) is 0 Å². The Morgan fingerprint density at radius 2 is 1.59 bits per heavy atom. The van der Waals surface area contributed by atoms with Gasteiger partial charge in [0.25, 0.3) is 5.91 Å².